The molecule has 0 rings (SSSR count). The third-order valence-electron chi connectivity index (χ3n) is 2.08. The minimum Gasteiger partial charge on any atom is -0.385 e. The van der Waals surface area contributed by atoms with Crippen molar-refractivity contribution < 1.29 is 13.2 Å². The summed E-state index contributed by atoms with van der Waals surface area (Å²) < 4.78 is 26.7. The number of sulfone groups is 1. The summed E-state index contributed by atoms with van der Waals surface area (Å²) in [5.74, 6) is 0.181. The number of nitrogens with zero attached hydrogens (tertiary/aromatic N) is 1. The highest BCUT2D eigenvalue weighted by Crippen LogP contribution is 1.94. The van der Waals surface area contributed by atoms with Gasteiger partial charge in [0.15, 0.2) is 0 Å². The molecular formula is C9H22N2O3S. The van der Waals surface area contributed by atoms with E-state index in [0.717, 1.165) is 6.42 Å². The Balaban J connectivity index is 3.68. The summed E-state index contributed by atoms with van der Waals surface area (Å²) >= 11 is 0. The molecule has 0 radical (unpaired) electrons. The van der Waals surface area contributed by atoms with E-state index in [1.165, 1.54) is 6.26 Å². The minimum atomic E-state index is -2.88. The standard InChI is InChI=1S/C9H22N2O3S/c1-11(5-7-15(3,12)13)8-9(10)4-6-14-2/h9H,4-8,10H2,1-3H3. The molecule has 0 spiro atoms. The molecule has 1 atom stereocenters. The summed E-state index contributed by atoms with van der Waals surface area (Å²) in [5, 5.41) is 0. The number of likely N-dealkylation sites (N-methyl/N-ethyl adjacent to an activating group) is 1. The first kappa shape index (κ1) is 14.8. The summed E-state index contributed by atoms with van der Waals surface area (Å²) in [7, 11) is 0.633. The monoisotopic (exact) mass is 238 g/mol. The van der Waals surface area contributed by atoms with Crippen molar-refractivity contribution in [1.29, 1.82) is 0 Å². The van der Waals surface area contributed by atoms with Gasteiger partial charge in [0.2, 0.25) is 0 Å². The summed E-state index contributed by atoms with van der Waals surface area (Å²) in [6.07, 6.45) is 2.03. The third-order valence-corrected chi connectivity index (χ3v) is 3.01. The lowest BCUT2D eigenvalue weighted by molar-refractivity contribution is 0.180. The van der Waals surface area contributed by atoms with Gasteiger partial charge in [0.25, 0.3) is 0 Å². The average molecular weight is 238 g/mol. The van der Waals surface area contributed by atoms with E-state index in [4.69, 9.17) is 10.5 Å². The van der Waals surface area contributed by atoms with E-state index < -0.39 is 9.84 Å². The molecule has 0 bridgehead atoms. The zero-order valence-corrected chi connectivity index (χ0v) is 10.6. The number of methoxy groups -OCH3 is 1. The van der Waals surface area contributed by atoms with Gasteiger partial charge in [-0.1, -0.05) is 0 Å². The van der Waals surface area contributed by atoms with Crippen molar-refractivity contribution in [2.75, 3.05) is 45.9 Å². The zero-order chi connectivity index (χ0) is 11.9. The Morgan fingerprint density at radius 1 is 1.47 bits per heavy atom. The topological polar surface area (TPSA) is 72.6 Å². The molecule has 0 fully saturated rings. The molecule has 5 nitrogen and oxygen atoms in total. The van der Waals surface area contributed by atoms with Crippen molar-refractivity contribution in [1.82, 2.24) is 4.90 Å². The van der Waals surface area contributed by atoms with Gasteiger partial charge in [-0.15, -0.1) is 0 Å². The molecule has 0 saturated carbocycles. The number of rotatable bonds is 8. The van der Waals surface area contributed by atoms with E-state index in [2.05, 4.69) is 0 Å². The molecule has 0 aromatic heterocycles. The third kappa shape index (κ3) is 10.1. The summed E-state index contributed by atoms with van der Waals surface area (Å²) in [5.41, 5.74) is 5.83. The average Bonchev–Trinajstić information content (AvgIpc) is 2.10. The molecule has 0 aromatic rings. The van der Waals surface area contributed by atoms with Crippen molar-refractivity contribution in [3.05, 3.63) is 0 Å². The van der Waals surface area contributed by atoms with Crippen LogP contribution in [0.25, 0.3) is 0 Å². The van der Waals surface area contributed by atoms with E-state index in [1.54, 1.807) is 7.11 Å². The van der Waals surface area contributed by atoms with Crippen LogP contribution in [0.1, 0.15) is 6.42 Å². The molecule has 2 N–H and O–H groups in total. The molecule has 0 heterocycles. The quantitative estimate of drug-likeness (QED) is 0.607. The highest BCUT2D eigenvalue weighted by atomic mass is 32.2. The predicted molar refractivity (Wildman–Crippen MR) is 61.7 cm³/mol. The van der Waals surface area contributed by atoms with Gasteiger partial charge in [-0.25, -0.2) is 8.42 Å². The van der Waals surface area contributed by atoms with Gasteiger partial charge in [0.05, 0.1) is 5.75 Å². The van der Waals surface area contributed by atoms with Crippen LogP contribution in [0.3, 0.4) is 0 Å². The number of hydrogen-bond donors (Lipinski definition) is 1. The van der Waals surface area contributed by atoms with Crippen molar-refractivity contribution in [2.24, 2.45) is 5.73 Å². The summed E-state index contributed by atoms with van der Waals surface area (Å²) in [4.78, 5) is 1.93. The fourth-order valence-corrected chi connectivity index (χ4v) is 1.82. The number of nitrogens with two attached hydrogens (primary N) is 1. The first-order valence-electron chi connectivity index (χ1n) is 4.96. The first-order chi connectivity index (χ1) is 6.85. The van der Waals surface area contributed by atoms with E-state index in [9.17, 15) is 8.42 Å². The van der Waals surface area contributed by atoms with E-state index >= 15 is 0 Å². The minimum absolute atomic E-state index is 0.0366. The smallest absolute Gasteiger partial charge is 0.148 e. The maximum absolute atomic E-state index is 10.9. The second-order valence-electron chi connectivity index (χ2n) is 3.93. The highest BCUT2D eigenvalue weighted by molar-refractivity contribution is 7.90. The molecule has 0 aromatic carbocycles. The van der Waals surface area contributed by atoms with Gasteiger partial charge in [0.1, 0.15) is 9.84 Å². The fraction of sp³-hybridized carbons (Fsp3) is 1.00. The van der Waals surface area contributed by atoms with Gasteiger partial charge in [0, 0.05) is 39.1 Å². The SMILES string of the molecule is COCCC(N)CN(C)CCS(C)(=O)=O. The van der Waals surface area contributed by atoms with Crippen LogP contribution in [-0.4, -0.2) is 65.2 Å². The normalized spacial score (nSPS) is 14.5. The molecule has 15 heavy (non-hydrogen) atoms. The van der Waals surface area contributed by atoms with Crippen molar-refractivity contribution in [3.63, 3.8) is 0 Å². The van der Waals surface area contributed by atoms with Crippen molar-refractivity contribution in [2.45, 2.75) is 12.5 Å². The Bertz CT molecular complexity index is 254. The molecule has 0 aliphatic carbocycles. The molecule has 0 aliphatic heterocycles. The van der Waals surface area contributed by atoms with E-state index in [1.807, 2.05) is 11.9 Å². The highest BCUT2D eigenvalue weighted by Gasteiger charge is 2.09. The maximum atomic E-state index is 10.9. The van der Waals surface area contributed by atoms with Crippen molar-refractivity contribution >= 4 is 9.84 Å². The Morgan fingerprint density at radius 3 is 2.53 bits per heavy atom. The Hall–Kier alpha value is -0.170. The number of hydrogen-bond acceptors (Lipinski definition) is 5. The Labute approximate surface area is 92.5 Å². The van der Waals surface area contributed by atoms with Gasteiger partial charge in [-0.3, -0.25) is 0 Å². The molecule has 1 unspecified atom stereocenters. The second-order valence-corrected chi connectivity index (χ2v) is 6.19. The fourth-order valence-electron chi connectivity index (χ4n) is 1.17. The first-order valence-corrected chi connectivity index (χ1v) is 7.02. The van der Waals surface area contributed by atoms with Gasteiger partial charge >= 0.3 is 0 Å². The lowest BCUT2D eigenvalue weighted by atomic mass is 10.2. The van der Waals surface area contributed by atoms with Crippen LogP contribution in [0.15, 0.2) is 0 Å². The van der Waals surface area contributed by atoms with E-state index in [0.29, 0.717) is 19.7 Å². The molecular weight excluding hydrogens is 216 g/mol. The van der Waals surface area contributed by atoms with Crippen molar-refractivity contribution in [3.8, 4) is 0 Å². The van der Waals surface area contributed by atoms with Gasteiger partial charge < -0.3 is 15.4 Å². The molecule has 0 aliphatic rings. The molecule has 92 valence electrons. The second kappa shape index (κ2) is 7.16. The Morgan fingerprint density at radius 2 is 2.07 bits per heavy atom. The predicted octanol–water partition coefficient (Wildman–Crippen LogP) is -0.673. The van der Waals surface area contributed by atoms with Crippen LogP contribution in [0.5, 0.6) is 0 Å². The largest absolute Gasteiger partial charge is 0.385 e. The Kier molecular flexibility index (Phi) is 7.08. The molecule has 6 heteroatoms. The van der Waals surface area contributed by atoms with Gasteiger partial charge in [-0.05, 0) is 13.5 Å². The van der Waals surface area contributed by atoms with E-state index in [-0.39, 0.29) is 11.8 Å². The lowest BCUT2D eigenvalue weighted by Crippen LogP contribution is -2.38. The molecule has 0 saturated heterocycles. The van der Waals surface area contributed by atoms with Crippen LogP contribution in [0, 0.1) is 0 Å². The van der Waals surface area contributed by atoms with Crippen LogP contribution in [-0.2, 0) is 14.6 Å². The van der Waals surface area contributed by atoms with Crippen LogP contribution in [0.4, 0.5) is 0 Å². The summed E-state index contributed by atoms with van der Waals surface area (Å²) in [6, 6.07) is 0.0366. The van der Waals surface area contributed by atoms with Crippen LogP contribution >= 0.6 is 0 Å². The van der Waals surface area contributed by atoms with Gasteiger partial charge in [-0.2, -0.15) is 0 Å². The van der Waals surface area contributed by atoms with Crippen LogP contribution in [0.2, 0.25) is 0 Å². The lowest BCUT2D eigenvalue weighted by Gasteiger charge is -2.20. The maximum Gasteiger partial charge on any atom is 0.148 e. The summed E-state index contributed by atoms with van der Waals surface area (Å²) in [6.45, 7) is 1.86. The number of ether oxygens (including phenoxy) is 1. The zero-order valence-electron chi connectivity index (χ0n) is 9.77. The molecule has 0 amide bonds. The van der Waals surface area contributed by atoms with Crippen LogP contribution < -0.4 is 5.73 Å².